The number of carboxylic acids is 1. The molecule has 8 nitrogen and oxygen atoms in total. The summed E-state index contributed by atoms with van der Waals surface area (Å²) < 4.78 is 7.33. The SMILES string of the molecule is NC(N)Cc1c(-c2ccc(OCc3ccccc3)cc2)cnc2cc(C(=O)O)nn12. The van der Waals surface area contributed by atoms with E-state index in [9.17, 15) is 9.90 Å². The van der Waals surface area contributed by atoms with Gasteiger partial charge in [0.25, 0.3) is 0 Å². The predicted octanol–water partition coefficient (Wildman–Crippen LogP) is 2.46. The Morgan fingerprint density at radius 2 is 1.83 bits per heavy atom. The third-order valence-electron chi connectivity index (χ3n) is 4.64. The molecule has 0 aliphatic heterocycles. The number of nitrogens with two attached hydrogens (primary N) is 2. The van der Waals surface area contributed by atoms with Crippen LogP contribution in [0.15, 0.2) is 66.9 Å². The van der Waals surface area contributed by atoms with Crippen LogP contribution in [0.25, 0.3) is 16.8 Å². The fraction of sp³-hybridized carbons (Fsp3) is 0.136. The van der Waals surface area contributed by atoms with Crippen molar-refractivity contribution in [2.45, 2.75) is 19.2 Å². The van der Waals surface area contributed by atoms with Gasteiger partial charge in [-0.25, -0.2) is 14.3 Å². The molecule has 2 heterocycles. The van der Waals surface area contributed by atoms with Crippen molar-refractivity contribution in [2.24, 2.45) is 11.5 Å². The zero-order valence-corrected chi connectivity index (χ0v) is 16.1. The van der Waals surface area contributed by atoms with Gasteiger partial charge in [-0.15, -0.1) is 0 Å². The number of nitrogens with zero attached hydrogens (tertiary/aromatic N) is 3. The molecule has 4 aromatic rings. The number of hydrogen-bond acceptors (Lipinski definition) is 6. The van der Waals surface area contributed by atoms with Crippen LogP contribution in [0.1, 0.15) is 21.7 Å². The standard InChI is InChI=1S/C22H21N5O3/c23-20(24)11-19-17(12-25-21-10-18(22(28)29)26-27(19)21)15-6-8-16(9-7-15)30-13-14-4-2-1-3-5-14/h1-10,12,20H,11,13,23-24H2,(H,28,29). The number of aromatic carboxylic acids is 1. The molecule has 0 aliphatic rings. The number of hydrogen-bond donors (Lipinski definition) is 3. The van der Waals surface area contributed by atoms with Crippen molar-refractivity contribution in [1.29, 1.82) is 0 Å². The van der Waals surface area contributed by atoms with Gasteiger partial charge in [-0.3, -0.25) is 0 Å². The average molecular weight is 403 g/mol. The van der Waals surface area contributed by atoms with Gasteiger partial charge in [0.05, 0.1) is 11.9 Å². The Bertz CT molecular complexity index is 1170. The number of carboxylic acid groups (broad SMARTS) is 1. The van der Waals surface area contributed by atoms with Gasteiger partial charge in [0.15, 0.2) is 11.3 Å². The maximum Gasteiger partial charge on any atom is 0.356 e. The topological polar surface area (TPSA) is 129 Å². The summed E-state index contributed by atoms with van der Waals surface area (Å²) in [6.45, 7) is 0.478. The van der Waals surface area contributed by atoms with Gasteiger partial charge in [-0.1, -0.05) is 42.5 Å². The quantitative estimate of drug-likeness (QED) is 0.404. The molecule has 0 unspecified atom stereocenters. The van der Waals surface area contributed by atoms with Gasteiger partial charge in [-0.05, 0) is 23.3 Å². The van der Waals surface area contributed by atoms with Gasteiger partial charge in [-0.2, -0.15) is 5.10 Å². The Hall–Kier alpha value is -3.75. The lowest BCUT2D eigenvalue weighted by atomic mass is 10.0. The van der Waals surface area contributed by atoms with Gasteiger partial charge < -0.3 is 21.3 Å². The number of ether oxygens (including phenoxy) is 1. The zero-order valence-electron chi connectivity index (χ0n) is 16.1. The molecule has 2 aromatic carbocycles. The lowest BCUT2D eigenvalue weighted by molar-refractivity contribution is 0.0690. The molecule has 0 spiro atoms. The molecule has 0 saturated carbocycles. The minimum atomic E-state index is -1.12. The fourth-order valence-electron chi connectivity index (χ4n) is 3.22. The van der Waals surface area contributed by atoms with Crippen LogP contribution in [0.2, 0.25) is 0 Å². The number of aromatic nitrogens is 3. The van der Waals surface area contributed by atoms with Crippen LogP contribution >= 0.6 is 0 Å². The van der Waals surface area contributed by atoms with Crippen molar-refractivity contribution in [3.63, 3.8) is 0 Å². The van der Waals surface area contributed by atoms with Crippen LogP contribution in [-0.2, 0) is 13.0 Å². The largest absolute Gasteiger partial charge is 0.489 e. The lowest BCUT2D eigenvalue weighted by Gasteiger charge is -2.14. The van der Waals surface area contributed by atoms with E-state index in [1.165, 1.54) is 10.6 Å². The van der Waals surface area contributed by atoms with Crippen LogP contribution in [0.5, 0.6) is 5.75 Å². The number of carbonyl (C=O) groups is 1. The molecule has 0 saturated heterocycles. The summed E-state index contributed by atoms with van der Waals surface area (Å²) in [5.74, 6) is -0.383. The van der Waals surface area contributed by atoms with E-state index in [1.807, 2.05) is 54.6 Å². The normalized spacial score (nSPS) is 11.2. The van der Waals surface area contributed by atoms with Crippen LogP contribution in [0.4, 0.5) is 0 Å². The molecule has 152 valence electrons. The smallest absolute Gasteiger partial charge is 0.356 e. The summed E-state index contributed by atoms with van der Waals surface area (Å²) in [7, 11) is 0. The Labute approximate surface area is 172 Å². The summed E-state index contributed by atoms with van der Waals surface area (Å²) in [5, 5.41) is 13.4. The van der Waals surface area contributed by atoms with Crippen molar-refractivity contribution in [3.05, 3.63) is 83.8 Å². The molecule has 0 atom stereocenters. The minimum Gasteiger partial charge on any atom is -0.489 e. The molecule has 0 amide bonds. The van der Waals surface area contributed by atoms with Crippen LogP contribution < -0.4 is 16.2 Å². The van der Waals surface area contributed by atoms with Crippen molar-refractivity contribution < 1.29 is 14.6 Å². The fourth-order valence-corrected chi connectivity index (χ4v) is 3.22. The Balaban J connectivity index is 1.65. The summed E-state index contributed by atoms with van der Waals surface area (Å²) in [6, 6.07) is 18.9. The third-order valence-corrected chi connectivity index (χ3v) is 4.64. The molecule has 0 radical (unpaired) electrons. The third kappa shape index (κ3) is 4.14. The first-order valence-corrected chi connectivity index (χ1v) is 9.40. The molecular weight excluding hydrogens is 382 g/mol. The highest BCUT2D eigenvalue weighted by Gasteiger charge is 2.17. The second kappa shape index (κ2) is 8.32. The van der Waals surface area contributed by atoms with Gasteiger partial charge in [0.2, 0.25) is 0 Å². The first-order valence-electron chi connectivity index (χ1n) is 9.40. The Morgan fingerprint density at radius 3 is 2.50 bits per heavy atom. The van der Waals surface area contributed by atoms with E-state index in [4.69, 9.17) is 16.2 Å². The predicted molar refractivity (Wildman–Crippen MR) is 112 cm³/mol. The first-order chi connectivity index (χ1) is 14.5. The zero-order chi connectivity index (χ0) is 21.1. The molecule has 5 N–H and O–H groups in total. The summed E-state index contributed by atoms with van der Waals surface area (Å²) in [6.07, 6.45) is 1.36. The highest BCUT2D eigenvalue weighted by molar-refractivity contribution is 5.86. The van der Waals surface area contributed by atoms with Crippen molar-refractivity contribution in [2.75, 3.05) is 0 Å². The molecule has 2 aromatic heterocycles. The van der Waals surface area contributed by atoms with E-state index in [-0.39, 0.29) is 5.69 Å². The van der Waals surface area contributed by atoms with Gasteiger partial charge >= 0.3 is 5.97 Å². The van der Waals surface area contributed by atoms with E-state index in [2.05, 4.69) is 10.1 Å². The second-order valence-electron chi connectivity index (χ2n) is 6.89. The van der Waals surface area contributed by atoms with Crippen molar-refractivity contribution >= 4 is 11.6 Å². The minimum absolute atomic E-state index is 0.0869. The monoisotopic (exact) mass is 403 g/mol. The van der Waals surface area contributed by atoms with E-state index in [1.54, 1.807) is 6.20 Å². The average Bonchev–Trinajstić information content (AvgIpc) is 3.19. The summed E-state index contributed by atoms with van der Waals surface area (Å²) >= 11 is 0. The van der Waals surface area contributed by atoms with Gasteiger partial charge in [0, 0.05) is 24.2 Å². The van der Waals surface area contributed by atoms with Crippen LogP contribution in [0, 0.1) is 0 Å². The lowest BCUT2D eigenvalue weighted by Crippen LogP contribution is -2.33. The van der Waals surface area contributed by atoms with Crippen LogP contribution in [-0.4, -0.2) is 31.8 Å². The number of rotatable bonds is 7. The molecular formula is C22H21N5O3. The highest BCUT2D eigenvalue weighted by atomic mass is 16.5. The van der Waals surface area contributed by atoms with E-state index < -0.39 is 12.1 Å². The van der Waals surface area contributed by atoms with E-state index in [0.717, 1.165) is 22.4 Å². The van der Waals surface area contributed by atoms with E-state index >= 15 is 0 Å². The molecule has 0 aliphatic carbocycles. The van der Waals surface area contributed by atoms with E-state index in [0.29, 0.717) is 24.4 Å². The summed E-state index contributed by atoms with van der Waals surface area (Å²) in [4.78, 5) is 15.6. The molecule has 0 bridgehead atoms. The van der Waals surface area contributed by atoms with Gasteiger partial charge in [0.1, 0.15) is 12.4 Å². The van der Waals surface area contributed by atoms with Crippen molar-refractivity contribution in [3.8, 4) is 16.9 Å². The Morgan fingerprint density at radius 1 is 1.10 bits per heavy atom. The molecule has 30 heavy (non-hydrogen) atoms. The number of fused-ring (bicyclic) bond motifs is 1. The maximum atomic E-state index is 11.3. The Kier molecular flexibility index (Phi) is 5.42. The number of benzene rings is 2. The van der Waals surface area contributed by atoms with Crippen LogP contribution in [0.3, 0.4) is 0 Å². The molecule has 8 heteroatoms. The first kappa shape index (κ1) is 19.6. The molecule has 4 rings (SSSR count). The molecule has 0 fully saturated rings. The maximum absolute atomic E-state index is 11.3. The highest BCUT2D eigenvalue weighted by Crippen LogP contribution is 2.27. The second-order valence-corrected chi connectivity index (χ2v) is 6.89. The summed E-state index contributed by atoms with van der Waals surface area (Å²) in [5.41, 5.74) is 15.4. The van der Waals surface area contributed by atoms with Crippen molar-refractivity contribution in [1.82, 2.24) is 14.6 Å².